The van der Waals surface area contributed by atoms with Gasteiger partial charge in [-0.25, -0.2) is 4.79 Å². The standard InChI is InChI=1S/C33H44N2O5.ClH/c1-6-39-30(36)14-12-24-11-13-28(20-34)29(18-24)40-31(32(37)38)23(3)15-22(2)21-35-33(4,5)19-25-16-26-9-7-8-10-27(26)17-25;/h7-11,13,18,22-23,25,31,35H,6,12,14-17,19,21H2,1-5H3,(H,37,38);1H. The van der Waals surface area contributed by atoms with Crippen LogP contribution in [0.25, 0.3) is 0 Å². The van der Waals surface area contributed by atoms with Crippen molar-refractivity contribution in [1.82, 2.24) is 5.32 Å². The molecule has 8 heteroatoms. The molecule has 0 saturated carbocycles. The minimum absolute atomic E-state index is 0. The number of esters is 1. The molecular formula is C33H45ClN2O5. The summed E-state index contributed by atoms with van der Waals surface area (Å²) in [5, 5.41) is 23.3. The minimum Gasteiger partial charge on any atom is -0.478 e. The average Bonchev–Trinajstić information content (AvgIpc) is 3.31. The van der Waals surface area contributed by atoms with E-state index in [1.165, 1.54) is 11.1 Å². The number of carbonyl (C=O) groups excluding carboxylic acids is 1. The molecule has 0 fully saturated rings. The van der Waals surface area contributed by atoms with Crippen molar-refractivity contribution in [3.63, 3.8) is 0 Å². The molecule has 3 rings (SSSR count). The second-order valence-corrected chi connectivity index (χ2v) is 12.0. The molecule has 0 amide bonds. The van der Waals surface area contributed by atoms with Gasteiger partial charge >= 0.3 is 11.9 Å². The van der Waals surface area contributed by atoms with E-state index in [4.69, 9.17) is 9.47 Å². The maximum atomic E-state index is 12.2. The van der Waals surface area contributed by atoms with Gasteiger partial charge in [0, 0.05) is 17.9 Å². The first-order valence-electron chi connectivity index (χ1n) is 14.4. The Balaban J connectivity index is 0.00000588. The lowest BCUT2D eigenvalue weighted by Crippen LogP contribution is -2.44. The molecule has 1 aliphatic rings. The van der Waals surface area contributed by atoms with Crippen LogP contribution in [-0.4, -0.2) is 41.8 Å². The Morgan fingerprint density at radius 3 is 2.39 bits per heavy atom. The zero-order valence-corrected chi connectivity index (χ0v) is 25.8. The molecule has 3 atom stereocenters. The fourth-order valence-corrected chi connectivity index (χ4v) is 5.82. The summed E-state index contributed by atoms with van der Waals surface area (Å²) in [7, 11) is 0. The summed E-state index contributed by atoms with van der Waals surface area (Å²) in [6.07, 6.45) is 3.50. The summed E-state index contributed by atoms with van der Waals surface area (Å²) in [6, 6.07) is 15.8. The van der Waals surface area contributed by atoms with Gasteiger partial charge in [0.25, 0.3) is 0 Å². The molecule has 41 heavy (non-hydrogen) atoms. The maximum absolute atomic E-state index is 12.2. The fraction of sp³-hybridized carbons (Fsp3) is 0.545. The van der Waals surface area contributed by atoms with E-state index in [1.54, 1.807) is 25.1 Å². The molecule has 7 nitrogen and oxygen atoms in total. The zero-order chi connectivity index (χ0) is 29.3. The number of carbonyl (C=O) groups is 2. The predicted molar refractivity (Wildman–Crippen MR) is 162 cm³/mol. The zero-order valence-electron chi connectivity index (χ0n) is 24.9. The summed E-state index contributed by atoms with van der Waals surface area (Å²) in [6.45, 7) is 11.3. The van der Waals surface area contributed by atoms with Crippen LogP contribution in [0.4, 0.5) is 0 Å². The third-order valence-corrected chi connectivity index (χ3v) is 7.74. The molecular weight excluding hydrogens is 540 g/mol. The Labute approximate surface area is 251 Å². The molecule has 3 unspecified atom stereocenters. The largest absolute Gasteiger partial charge is 0.478 e. The Kier molecular flexibility index (Phi) is 13.1. The van der Waals surface area contributed by atoms with Gasteiger partial charge in [0.2, 0.25) is 0 Å². The normalized spacial score (nSPS) is 15.1. The number of halogens is 1. The fourth-order valence-electron chi connectivity index (χ4n) is 5.82. The molecule has 0 radical (unpaired) electrons. The van der Waals surface area contributed by atoms with E-state index in [0.29, 0.717) is 25.4 Å². The van der Waals surface area contributed by atoms with Crippen molar-refractivity contribution in [2.75, 3.05) is 13.2 Å². The van der Waals surface area contributed by atoms with Crippen molar-refractivity contribution in [2.24, 2.45) is 17.8 Å². The van der Waals surface area contributed by atoms with Crippen LogP contribution in [0.15, 0.2) is 42.5 Å². The maximum Gasteiger partial charge on any atom is 0.345 e. The summed E-state index contributed by atoms with van der Waals surface area (Å²) < 4.78 is 10.9. The van der Waals surface area contributed by atoms with Gasteiger partial charge in [-0.1, -0.05) is 44.2 Å². The van der Waals surface area contributed by atoms with Gasteiger partial charge in [0.05, 0.1) is 12.2 Å². The number of fused-ring (bicyclic) bond motifs is 1. The van der Waals surface area contributed by atoms with Gasteiger partial charge in [-0.05, 0) is 100 Å². The highest BCUT2D eigenvalue weighted by atomic mass is 35.5. The van der Waals surface area contributed by atoms with Crippen molar-refractivity contribution in [3.8, 4) is 11.8 Å². The number of rotatable bonds is 15. The van der Waals surface area contributed by atoms with E-state index in [9.17, 15) is 20.0 Å². The van der Waals surface area contributed by atoms with E-state index in [0.717, 1.165) is 31.4 Å². The Bertz CT molecular complexity index is 1180. The van der Waals surface area contributed by atoms with Crippen LogP contribution >= 0.6 is 12.4 Å². The Hall–Kier alpha value is -3.08. The van der Waals surface area contributed by atoms with Crippen molar-refractivity contribution >= 4 is 24.3 Å². The number of hydrogen-bond donors (Lipinski definition) is 2. The molecule has 2 N–H and O–H groups in total. The molecule has 0 spiro atoms. The van der Waals surface area contributed by atoms with E-state index >= 15 is 0 Å². The summed E-state index contributed by atoms with van der Waals surface area (Å²) in [4.78, 5) is 24.0. The van der Waals surface area contributed by atoms with Gasteiger partial charge in [-0.2, -0.15) is 5.26 Å². The predicted octanol–water partition coefficient (Wildman–Crippen LogP) is 6.14. The SMILES string of the molecule is CCOC(=O)CCc1ccc(C#N)c(OC(C(=O)O)C(C)CC(C)CNC(C)(C)CC2Cc3ccccc3C2)c1.Cl. The highest BCUT2D eigenvalue weighted by Gasteiger charge is 2.31. The second-order valence-electron chi connectivity index (χ2n) is 12.0. The average molecular weight is 585 g/mol. The number of nitriles is 1. The number of nitrogens with zero attached hydrogens (tertiary/aromatic N) is 1. The summed E-state index contributed by atoms with van der Waals surface area (Å²) >= 11 is 0. The van der Waals surface area contributed by atoms with E-state index in [2.05, 4.69) is 56.4 Å². The lowest BCUT2D eigenvalue weighted by Gasteiger charge is -2.32. The van der Waals surface area contributed by atoms with Gasteiger partial charge in [-0.3, -0.25) is 4.79 Å². The monoisotopic (exact) mass is 584 g/mol. The van der Waals surface area contributed by atoms with Gasteiger partial charge < -0.3 is 19.9 Å². The number of hydrogen-bond acceptors (Lipinski definition) is 6. The molecule has 0 saturated heterocycles. The van der Waals surface area contributed by atoms with Crippen molar-refractivity contribution < 1.29 is 24.2 Å². The highest BCUT2D eigenvalue weighted by molar-refractivity contribution is 5.85. The van der Waals surface area contributed by atoms with Gasteiger partial charge in [-0.15, -0.1) is 12.4 Å². The topological polar surface area (TPSA) is 109 Å². The molecule has 224 valence electrons. The minimum atomic E-state index is -1.10. The quantitative estimate of drug-likeness (QED) is 0.242. The van der Waals surface area contributed by atoms with E-state index in [-0.39, 0.29) is 53.5 Å². The van der Waals surface area contributed by atoms with Crippen molar-refractivity contribution in [1.29, 1.82) is 5.26 Å². The first kappa shape index (κ1) is 34.1. The van der Waals surface area contributed by atoms with Crippen LogP contribution < -0.4 is 10.1 Å². The van der Waals surface area contributed by atoms with Crippen LogP contribution in [0.1, 0.15) is 76.1 Å². The van der Waals surface area contributed by atoms with Crippen molar-refractivity contribution in [3.05, 3.63) is 64.7 Å². The first-order valence-corrected chi connectivity index (χ1v) is 14.4. The van der Waals surface area contributed by atoms with E-state index in [1.807, 2.05) is 6.92 Å². The molecule has 0 aliphatic heterocycles. The number of nitrogens with one attached hydrogen (secondary N) is 1. The number of aliphatic carboxylic acids is 1. The third-order valence-electron chi connectivity index (χ3n) is 7.74. The Morgan fingerprint density at radius 2 is 1.80 bits per heavy atom. The van der Waals surface area contributed by atoms with Gasteiger partial charge in [0.1, 0.15) is 11.8 Å². The molecule has 0 bridgehead atoms. The number of ether oxygens (including phenoxy) is 2. The van der Waals surface area contributed by atoms with Crippen molar-refractivity contribution in [2.45, 2.75) is 84.8 Å². The van der Waals surface area contributed by atoms with E-state index < -0.39 is 12.1 Å². The smallest absolute Gasteiger partial charge is 0.345 e. The molecule has 0 heterocycles. The number of aryl methyl sites for hydroxylation is 1. The van der Waals surface area contributed by atoms with Crippen LogP contribution in [0, 0.1) is 29.1 Å². The van der Waals surface area contributed by atoms with Crippen LogP contribution in [0.2, 0.25) is 0 Å². The van der Waals surface area contributed by atoms with Gasteiger partial charge in [0.15, 0.2) is 6.10 Å². The number of benzene rings is 2. The molecule has 1 aliphatic carbocycles. The van der Waals surface area contributed by atoms with Crippen LogP contribution in [0.3, 0.4) is 0 Å². The highest BCUT2D eigenvalue weighted by Crippen LogP contribution is 2.32. The molecule has 0 aromatic heterocycles. The third kappa shape index (κ3) is 10.4. The Morgan fingerprint density at radius 1 is 1.15 bits per heavy atom. The first-order chi connectivity index (χ1) is 19.0. The summed E-state index contributed by atoms with van der Waals surface area (Å²) in [5.74, 6) is -0.558. The lowest BCUT2D eigenvalue weighted by atomic mass is 9.87. The molecule has 2 aromatic rings. The summed E-state index contributed by atoms with van der Waals surface area (Å²) in [5.41, 5.74) is 3.95. The molecule has 2 aromatic carbocycles. The lowest BCUT2D eigenvalue weighted by molar-refractivity contribution is -0.147. The van der Waals surface area contributed by atoms with Crippen LogP contribution in [-0.2, 0) is 33.6 Å². The second kappa shape index (κ2) is 15.8. The number of carboxylic acid groups (broad SMARTS) is 1. The van der Waals surface area contributed by atoms with Crippen LogP contribution in [0.5, 0.6) is 5.75 Å². The number of carboxylic acids is 1.